The zero-order valence-corrected chi connectivity index (χ0v) is 14.8. The summed E-state index contributed by atoms with van der Waals surface area (Å²) in [6.07, 6.45) is 0. The molecule has 4 aromatic rings. The van der Waals surface area contributed by atoms with Crippen molar-refractivity contribution >= 4 is 16.9 Å². The molecule has 0 spiro atoms. The zero-order valence-electron chi connectivity index (χ0n) is 14.8. The quantitative estimate of drug-likeness (QED) is 0.464. The summed E-state index contributed by atoms with van der Waals surface area (Å²) in [6, 6.07) is 24.5. The number of carbonyl (C=O) groups is 1. The van der Waals surface area contributed by atoms with Crippen LogP contribution < -0.4 is 10.2 Å². The molecule has 0 unspecified atom stereocenters. The minimum Gasteiger partial charge on any atom is -0.457 e. The van der Waals surface area contributed by atoms with Crippen molar-refractivity contribution < 1.29 is 18.7 Å². The molecule has 0 aliphatic carbocycles. The highest BCUT2D eigenvalue weighted by atomic mass is 16.5. The molecule has 4 rings (SSSR count). The number of para-hydroxylation sites is 3. The second-order valence-corrected chi connectivity index (χ2v) is 6.07. The fraction of sp³-hybridized carbons (Fsp3) is 0.0435. The van der Waals surface area contributed by atoms with E-state index in [1.165, 1.54) is 0 Å². The summed E-state index contributed by atoms with van der Waals surface area (Å²) >= 11 is 0. The number of carbonyl (C=O) groups excluding carboxylic acids is 1. The van der Waals surface area contributed by atoms with Crippen LogP contribution in [-0.2, 0) is 11.3 Å². The van der Waals surface area contributed by atoms with Gasteiger partial charge in [-0.2, -0.15) is 0 Å². The third kappa shape index (κ3) is 3.78. The molecule has 0 amide bonds. The molecule has 0 bridgehead atoms. The number of fused-ring (bicyclic) bond motifs is 1. The van der Waals surface area contributed by atoms with Gasteiger partial charge in [0, 0.05) is 11.6 Å². The zero-order chi connectivity index (χ0) is 19.3. The summed E-state index contributed by atoms with van der Waals surface area (Å²) in [4.78, 5) is 24.5. The molecule has 0 saturated carbocycles. The summed E-state index contributed by atoms with van der Waals surface area (Å²) in [6.45, 7) is -0.0155. The molecule has 0 saturated heterocycles. The van der Waals surface area contributed by atoms with Crippen LogP contribution in [0.2, 0.25) is 0 Å². The Bertz CT molecular complexity index is 1180. The van der Waals surface area contributed by atoms with Crippen molar-refractivity contribution in [3.05, 3.63) is 106 Å². The Hall–Kier alpha value is -3.86. The Morgan fingerprint density at radius 2 is 1.57 bits per heavy atom. The van der Waals surface area contributed by atoms with Gasteiger partial charge < -0.3 is 13.9 Å². The molecule has 138 valence electrons. The maximum absolute atomic E-state index is 12.4. The van der Waals surface area contributed by atoms with E-state index in [0.29, 0.717) is 28.0 Å². The number of hydrogen-bond acceptors (Lipinski definition) is 5. The molecule has 1 aromatic heterocycles. The lowest BCUT2D eigenvalue weighted by atomic mass is 10.2. The van der Waals surface area contributed by atoms with E-state index in [1.54, 1.807) is 30.3 Å². The molecule has 28 heavy (non-hydrogen) atoms. The molecule has 0 N–H and O–H groups in total. The molecule has 0 aliphatic rings. The van der Waals surface area contributed by atoms with Crippen molar-refractivity contribution in [2.45, 2.75) is 6.61 Å². The van der Waals surface area contributed by atoms with Crippen LogP contribution in [0.4, 0.5) is 0 Å². The van der Waals surface area contributed by atoms with Crippen molar-refractivity contribution in [1.82, 2.24) is 0 Å². The Kier molecular flexibility index (Phi) is 4.89. The average molecular weight is 372 g/mol. The topological polar surface area (TPSA) is 65.7 Å². The van der Waals surface area contributed by atoms with Crippen molar-refractivity contribution in [2.24, 2.45) is 0 Å². The maximum atomic E-state index is 12.4. The van der Waals surface area contributed by atoms with Gasteiger partial charge in [0.2, 0.25) is 5.76 Å². The maximum Gasteiger partial charge on any atom is 0.374 e. The predicted octanol–water partition coefficient (Wildman–Crippen LogP) is 4.94. The van der Waals surface area contributed by atoms with Crippen LogP contribution in [0.1, 0.15) is 16.1 Å². The number of ether oxygens (including phenoxy) is 2. The monoisotopic (exact) mass is 372 g/mol. The average Bonchev–Trinajstić information content (AvgIpc) is 2.73. The van der Waals surface area contributed by atoms with E-state index >= 15 is 0 Å². The second kappa shape index (κ2) is 7.80. The van der Waals surface area contributed by atoms with Gasteiger partial charge in [-0.05, 0) is 30.3 Å². The van der Waals surface area contributed by atoms with E-state index in [4.69, 9.17) is 13.9 Å². The van der Waals surface area contributed by atoms with Crippen LogP contribution in [0.3, 0.4) is 0 Å². The second-order valence-electron chi connectivity index (χ2n) is 6.07. The Labute approximate surface area is 160 Å². The molecular formula is C23H16O5. The Morgan fingerprint density at radius 1 is 0.857 bits per heavy atom. The van der Waals surface area contributed by atoms with E-state index in [1.807, 2.05) is 48.5 Å². The molecule has 0 atom stereocenters. The van der Waals surface area contributed by atoms with Crippen LogP contribution in [0.5, 0.6) is 11.5 Å². The number of benzene rings is 3. The summed E-state index contributed by atoms with van der Waals surface area (Å²) in [5.41, 5.74) is 0.749. The lowest BCUT2D eigenvalue weighted by molar-refractivity contribution is 0.0434. The highest BCUT2D eigenvalue weighted by Crippen LogP contribution is 2.26. The standard InChI is InChI=1S/C23H16O5/c24-19-14-22(28-21-13-7-5-11-18(19)21)23(25)26-15-16-8-4-6-12-20(16)27-17-9-2-1-3-10-17/h1-14H,15H2. The first-order chi connectivity index (χ1) is 13.7. The third-order valence-electron chi connectivity index (χ3n) is 4.14. The molecular weight excluding hydrogens is 356 g/mol. The lowest BCUT2D eigenvalue weighted by Crippen LogP contribution is -2.10. The molecule has 0 fully saturated rings. The van der Waals surface area contributed by atoms with Gasteiger partial charge in [0.05, 0.1) is 5.39 Å². The third-order valence-corrected chi connectivity index (χ3v) is 4.14. The van der Waals surface area contributed by atoms with E-state index in [0.717, 1.165) is 6.07 Å². The van der Waals surface area contributed by atoms with E-state index in [2.05, 4.69) is 0 Å². The van der Waals surface area contributed by atoms with E-state index in [-0.39, 0.29) is 17.8 Å². The van der Waals surface area contributed by atoms with E-state index in [9.17, 15) is 9.59 Å². The number of hydrogen-bond donors (Lipinski definition) is 0. The highest BCUT2D eigenvalue weighted by molar-refractivity contribution is 5.88. The van der Waals surface area contributed by atoms with Gasteiger partial charge >= 0.3 is 5.97 Å². The summed E-state index contributed by atoms with van der Waals surface area (Å²) < 4.78 is 16.7. The van der Waals surface area contributed by atoms with Crippen LogP contribution in [0.15, 0.2) is 94.1 Å². The predicted molar refractivity (Wildman–Crippen MR) is 105 cm³/mol. The van der Waals surface area contributed by atoms with E-state index < -0.39 is 5.97 Å². The summed E-state index contributed by atoms with van der Waals surface area (Å²) in [7, 11) is 0. The van der Waals surface area contributed by atoms with Crippen molar-refractivity contribution in [3.8, 4) is 11.5 Å². The van der Waals surface area contributed by atoms with Crippen molar-refractivity contribution in [1.29, 1.82) is 0 Å². The molecule has 0 radical (unpaired) electrons. The van der Waals surface area contributed by atoms with Gasteiger partial charge in [0.1, 0.15) is 23.7 Å². The fourth-order valence-corrected chi connectivity index (χ4v) is 2.76. The van der Waals surface area contributed by atoms with Gasteiger partial charge in [-0.15, -0.1) is 0 Å². The summed E-state index contributed by atoms with van der Waals surface area (Å²) in [5.74, 6) is 0.422. The smallest absolute Gasteiger partial charge is 0.374 e. The molecule has 3 aromatic carbocycles. The van der Waals surface area contributed by atoms with Crippen LogP contribution >= 0.6 is 0 Å². The summed E-state index contributed by atoms with van der Waals surface area (Å²) in [5, 5.41) is 0.417. The van der Waals surface area contributed by atoms with Gasteiger partial charge in [-0.3, -0.25) is 4.79 Å². The first-order valence-corrected chi connectivity index (χ1v) is 8.71. The molecule has 5 nitrogen and oxygen atoms in total. The van der Waals surface area contributed by atoms with Crippen LogP contribution in [0, 0.1) is 0 Å². The largest absolute Gasteiger partial charge is 0.457 e. The van der Waals surface area contributed by atoms with Gasteiger partial charge in [0.15, 0.2) is 5.43 Å². The normalized spacial score (nSPS) is 10.6. The SMILES string of the molecule is O=C(OCc1ccccc1Oc1ccccc1)c1cc(=O)c2ccccc2o1. The first-order valence-electron chi connectivity index (χ1n) is 8.71. The number of esters is 1. The Morgan fingerprint density at radius 3 is 2.43 bits per heavy atom. The number of rotatable bonds is 5. The fourth-order valence-electron chi connectivity index (χ4n) is 2.76. The molecule has 1 heterocycles. The lowest BCUT2D eigenvalue weighted by Gasteiger charge is -2.11. The van der Waals surface area contributed by atoms with Gasteiger partial charge in [0.25, 0.3) is 0 Å². The first kappa shape index (κ1) is 17.5. The van der Waals surface area contributed by atoms with Crippen molar-refractivity contribution in [3.63, 3.8) is 0 Å². The minimum absolute atomic E-state index is 0.0155. The van der Waals surface area contributed by atoms with Gasteiger partial charge in [-0.1, -0.05) is 48.5 Å². The van der Waals surface area contributed by atoms with Crippen molar-refractivity contribution in [2.75, 3.05) is 0 Å². The minimum atomic E-state index is -0.711. The molecule has 5 heteroatoms. The Balaban J connectivity index is 1.52. The van der Waals surface area contributed by atoms with Crippen LogP contribution in [0.25, 0.3) is 11.0 Å². The van der Waals surface area contributed by atoms with Gasteiger partial charge in [-0.25, -0.2) is 4.79 Å². The molecule has 0 aliphatic heterocycles. The highest BCUT2D eigenvalue weighted by Gasteiger charge is 2.15. The van der Waals surface area contributed by atoms with Crippen LogP contribution in [-0.4, -0.2) is 5.97 Å².